The number of aryl methyl sites for hydroxylation is 1. The van der Waals surface area contributed by atoms with Gasteiger partial charge in [-0.2, -0.15) is 0 Å². The van der Waals surface area contributed by atoms with Gasteiger partial charge in [0.25, 0.3) is 0 Å². The van der Waals surface area contributed by atoms with Gasteiger partial charge in [-0.1, -0.05) is 18.2 Å². The van der Waals surface area contributed by atoms with Crippen molar-refractivity contribution in [2.75, 3.05) is 32.4 Å². The smallest absolute Gasteiger partial charge is 0.0777 e. The summed E-state index contributed by atoms with van der Waals surface area (Å²) in [6.45, 7) is 6.30. The Morgan fingerprint density at radius 3 is 2.41 bits per heavy atom. The molecule has 1 N–H and O–H groups in total. The molecule has 1 aromatic heterocycles. The zero-order valence-corrected chi connectivity index (χ0v) is 14.1. The van der Waals surface area contributed by atoms with Crippen molar-refractivity contribution in [1.29, 1.82) is 0 Å². The van der Waals surface area contributed by atoms with Gasteiger partial charge >= 0.3 is 0 Å². The van der Waals surface area contributed by atoms with E-state index >= 15 is 0 Å². The second-order valence-corrected chi connectivity index (χ2v) is 6.60. The van der Waals surface area contributed by atoms with Gasteiger partial charge in [0.05, 0.1) is 11.7 Å². The SMILES string of the molecule is CSc1ccc(C(c2ccc(C)cn2)N2CCNCC2)cc1. The predicted octanol–water partition coefficient (Wildman–Crippen LogP) is 3.11. The van der Waals surface area contributed by atoms with Crippen LogP contribution < -0.4 is 5.32 Å². The lowest BCUT2D eigenvalue weighted by molar-refractivity contribution is 0.195. The van der Waals surface area contributed by atoms with Gasteiger partial charge in [0.15, 0.2) is 0 Å². The monoisotopic (exact) mass is 313 g/mol. The Morgan fingerprint density at radius 2 is 1.82 bits per heavy atom. The zero-order valence-electron chi connectivity index (χ0n) is 13.2. The summed E-state index contributed by atoms with van der Waals surface area (Å²) in [6.07, 6.45) is 4.09. The van der Waals surface area contributed by atoms with E-state index < -0.39 is 0 Å². The molecule has 1 saturated heterocycles. The Kier molecular flexibility index (Phi) is 5.13. The lowest BCUT2D eigenvalue weighted by atomic mass is 10.00. The minimum Gasteiger partial charge on any atom is -0.314 e. The summed E-state index contributed by atoms with van der Waals surface area (Å²) in [5, 5.41) is 3.43. The van der Waals surface area contributed by atoms with Crippen LogP contribution in [-0.2, 0) is 0 Å². The highest BCUT2D eigenvalue weighted by Gasteiger charge is 2.24. The highest BCUT2D eigenvalue weighted by atomic mass is 32.2. The van der Waals surface area contributed by atoms with Crippen LogP contribution in [0.15, 0.2) is 47.5 Å². The van der Waals surface area contributed by atoms with Crippen LogP contribution in [0.5, 0.6) is 0 Å². The average Bonchev–Trinajstić information content (AvgIpc) is 2.58. The van der Waals surface area contributed by atoms with Crippen LogP contribution in [0.25, 0.3) is 0 Å². The molecule has 1 aromatic carbocycles. The second kappa shape index (κ2) is 7.27. The van der Waals surface area contributed by atoms with E-state index in [0.29, 0.717) is 0 Å². The molecule has 0 amide bonds. The Hall–Kier alpha value is -1.36. The topological polar surface area (TPSA) is 28.2 Å². The number of hydrogen-bond donors (Lipinski definition) is 1. The molecule has 1 aliphatic heterocycles. The van der Waals surface area contributed by atoms with Crippen molar-refractivity contribution < 1.29 is 0 Å². The number of nitrogens with zero attached hydrogens (tertiary/aromatic N) is 2. The van der Waals surface area contributed by atoms with E-state index in [1.54, 1.807) is 11.8 Å². The maximum atomic E-state index is 4.71. The summed E-state index contributed by atoms with van der Waals surface area (Å²) in [7, 11) is 0. The van der Waals surface area contributed by atoms with E-state index in [4.69, 9.17) is 4.98 Å². The molecule has 3 rings (SSSR count). The summed E-state index contributed by atoms with van der Waals surface area (Å²) in [5.74, 6) is 0. The standard InChI is InChI=1S/C18H23N3S/c1-14-3-8-17(20-13-14)18(21-11-9-19-10-12-21)15-4-6-16(22-2)7-5-15/h3-8,13,18-19H,9-12H2,1-2H3. The van der Waals surface area contributed by atoms with Gasteiger partial charge in [0.1, 0.15) is 0 Å². The van der Waals surface area contributed by atoms with Gasteiger partial charge in [-0.05, 0) is 42.5 Å². The van der Waals surface area contributed by atoms with Crippen LogP contribution in [0.1, 0.15) is 22.9 Å². The molecule has 0 aliphatic carbocycles. The summed E-state index contributed by atoms with van der Waals surface area (Å²) in [5.41, 5.74) is 3.68. The molecule has 1 atom stereocenters. The first-order valence-corrected chi connectivity index (χ1v) is 9.01. The molecule has 0 radical (unpaired) electrons. The number of rotatable bonds is 4. The second-order valence-electron chi connectivity index (χ2n) is 5.72. The number of pyridine rings is 1. The van der Waals surface area contributed by atoms with Crippen molar-refractivity contribution in [3.05, 3.63) is 59.4 Å². The number of thioether (sulfide) groups is 1. The molecule has 1 fully saturated rings. The number of piperazine rings is 1. The normalized spacial score (nSPS) is 17.4. The third-order valence-electron chi connectivity index (χ3n) is 4.16. The van der Waals surface area contributed by atoms with Crippen LogP contribution >= 0.6 is 11.8 Å². The van der Waals surface area contributed by atoms with Gasteiger partial charge in [0.2, 0.25) is 0 Å². The van der Waals surface area contributed by atoms with Gasteiger partial charge in [-0.15, -0.1) is 11.8 Å². The van der Waals surface area contributed by atoms with Gasteiger partial charge in [0, 0.05) is 37.3 Å². The molecule has 3 nitrogen and oxygen atoms in total. The fraction of sp³-hybridized carbons (Fsp3) is 0.389. The Morgan fingerprint density at radius 1 is 1.09 bits per heavy atom. The van der Waals surface area contributed by atoms with Crippen molar-refractivity contribution >= 4 is 11.8 Å². The van der Waals surface area contributed by atoms with E-state index in [1.165, 1.54) is 16.0 Å². The number of benzene rings is 1. The summed E-state index contributed by atoms with van der Waals surface area (Å²) >= 11 is 1.78. The first-order valence-electron chi connectivity index (χ1n) is 7.79. The summed E-state index contributed by atoms with van der Waals surface area (Å²) in [6, 6.07) is 13.5. The third kappa shape index (κ3) is 3.51. The maximum Gasteiger partial charge on any atom is 0.0777 e. The molecular weight excluding hydrogens is 290 g/mol. The van der Waals surface area contributed by atoms with Crippen molar-refractivity contribution in [3.8, 4) is 0 Å². The van der Waals surface area contributed by atoms with Crippen molar-refractivity contribution in [1.82, 2.24) is 15.2 Å². The fourth-order valence-electron chi connectivity index (χ4n) is 2.94. The van der Waals surface area contributed by atoms with Crippen molar-refractivity contribution in [2.24, 2.45) is 0 Å². The minimum atomic E-state index is 0.249. The molecule has 4 heteroatoms. The van der Waals surface area contributed by atoms with Crippen molar-refractivity contribution in [2.45, 2.75) is 17.9 Å². The molecule has 0 bridgehead atoms. The molecule has 2 heterocycles. The molecule has 22 heavy (non-hydrogen) atoms. The van der Waals surface area contributed by atoms with Crippen LogP contribution in [0.4, 0.5) is 0 Å². The van der Waals surface area contributed by atoms with E-state index in [0.717, 1.165) is 31.9 Å². The number of aromatic nitrogens is 1. The molecule has 0 saturated carbocycles. The van der Waals surface area contributed by atoms with E-state index in [-0.39, 0.29) is 6.04 Å². The quantitative estimate of drug-likeness (QED) is 0.878. The van der Waals surface area contributed by atoms with Gasteiger partial charge in [-0.3, -0.25) is 9.88 Å². The van der Waals surface area contributed by atoms with Crippen LogP contribution in [-0.4, -0.2) is 42.3 Å². The predicted molar refractivity (Wildman–Crippen MR) is 93.5 cm³/mol. The third-order valence-corrected chi connectivity index (χ3v) is 4.91. The van der Waals surface area contributed by atoms with Gasteiger partial charge in [-0.25, -0.2) is 0 Å². The Bertz CT molecular complexity index is 589. The fourth-order valence-corrected chi connectivity index (χ4v) is 3.34. The molecule has 2 aromatic rings. The average molecular weight is 313 g/mol. The lowest BCUT2D eigenvalue weighted by Crippen LogP contribution is -2.45. The molecule has 1 unspecified atom stereocenters. The largest absolute Gasteiger partial charge is 0.314 e. The molecule has 1 aliphatic rings. The van der Waals surface area contributed by atoms with E-state index in [9.17, 15) is 0 Å². The minimum absolute atomic E-state index is 0.249. The molecular formula is C18H23N3S. The highest BCUT2D eigenvalue weighted by Crippen LogP contribution is 2.29. The van der Waals surface area contributed by atoms with Crippen LogP contribution in [0, 0.1) is 6.92 Å². The van der Waals surface area contributed by atoms with E-state index in [1.807, 2.05) is 6.20 Å². The summed E-state index contributed by atoms with van der Waals surface area (Å²) in [4.78, 5) is 8.54. The summed E-state index contributed by atoms with van der Waals surface area (Å²) < 4.78 is 0. The lowest BCUT2D eigenvalue weighted by Gasteiger charge is -2.35. The van der Waals surface area contributed by atoms with Crippen LogP contribution in [0.3, 0.4) is 0 Å². The Labute approximate surface area is 137 Å². The highest BCUT2D eigenvalue weighted by molar-refractivity contribution is 7.98. The zero-order chi connectivity index (χ0) is 15.4. The molecule has 116 valence electrons. The van der Waals surface area contributed by atoms with Crippen molar-refractivity contribution in [3.63, 3.8) is 0 Å². The maximum absolute atomic E-state index is 4.71. The van der Waals surface area contributed by atoms with Gasteiger partial charge < -0.3 is 5.32 Å². The first-order chi connectivity index (χ1) is 10.8. The number of hydrogen-bond acceptors (Lipinski definition) is 4. The molecule has 0 spiro atoms. The Balaban J connectivity index is 1.95. The number of nitrogens with one attached hydrogen (secondary N) is 1. The van der Waals surface area contributed by atoms with E-state index in [2.05, 4.69) is 59.8 Å². The van der Waals surface area contributed by atoms with Crippen LogP contribution in [0.2, 0.25) is 0 Å². The first kappa shape index (κ1) is 15.5.